The van der Waals surface area contributed by atoms with Crippen LogP contribution in [0.15, 0.2) is 158 Å². The highest BCUT2D eigenvalue weighted by Crippen LogP contribution is 2.52. The quantitative estimate of drug-likeness (QED) is 0.141. The lowest BCUT2D eigenvalue weighted by molar-refractivity contribution is 1.48. The van der Waals surface area contributed by atoms with Crippen LogP contribution in [0.2, 0.25) is 0 Å². The van der Waals surface area contributed by atoms with Gasteiger partial charge in [-0.25, -0.2) is 4.85 Å². The van der Waals surface area contributed by atoms with Crippen LogP contribution in [0, 0.1) is 17.9 Å². The van der Waals surface area contributed by atoms with Crippen LogP contribution in [0.4, 0.5) is 5.69 Å². The number of nitrogens with zero attached hydrogens (tertiary/aromatic N) is 2. The Bertz CT molecular complexity index is 2990. The topological polar surface area (TPSA) is 28.1 Å². The Hall–Kier alpha value is -7.00. The molecule has 0 saturated carbocycles. The first kappa shape index (κ1) is 28.1. The van der Waals surface area contributed by atoms with Gasteiger partial charge in [-0.3, -0.25) is 0 Å². The molecular formula is C48H26N2. The lowest BCUT2D eigenvalue weighted by atomic mass is 9.86. The third-order valence-electron chi connectivity index (χ3n) is 10.4. The summed E-state index contributed by atoms with van der Waals surface area (Å²) in [5, 5.41) is 19.2. The summed E-state index contributed by atoms with van der Waals surface area (Å²) in [5.74, 6) is 0. The molecule has 0 radical (unpaired) electrons. The number of rotatable bonds is 3. The third-order valence-corrected chi connectivity index (χ3v) is 10.4. The van der Waals surface area contributed by atoms with Crippen molar-refractivity contribution in [1.82, 2.24) is 0 Å². The maximum Gasteiger partial charge on any atom is 0.187 e. The molecule has 228 valence electrons. The molecule has 0 aliphatic heterocycles. The van der Waals surface area contributed by atoms with Gasteiger partial charge in [0.05, 0.1) is 18.2 Å². The van der Waals surface area contributed by atoms with E-state index in [2.05, 4.69) is 132 Å². The summed E-state index contributed by atoms with van der Waals surface area (Å²) in [6.45, 7) is 7.76. The molecule has 50 heavy (non-hydrogen) atoms. The van der Waals surface area contributed by atoms with E-state index in [1.165, 1.54) is 49.5 Å². The van der Waals surface area contributed by atoms with Crippen molar-refractivity contribution in [2.24, 2.45) is 0 Å². The van der Waals surface area contributed by atoms with E-state index < -0.39 is 0 Å². The second-order valence-corrected chi connectivity index (χ2v) is 13.0. The molecule has 2 heteroatoms. The third kappa shape index (κ3) is 4.07. The minimum Gasteiger partial charge on any atom is -0.238 e. The monoisotopic (exact) mass is 630 g/mol. The fourth-order valence-electron chi connectivity index (χ4n) is 8.19. The molecule has 0 aromatic heterocycles. The number of nitriles is 1. The molecule has 10 rings (SSSR count). The average Bonchev–Trinajstić information content (AvgIpc) is 3.50. The molecule has 1 aliphatic carbocycles. The molecule has 0 amide bonds. The second kappa shape index (κ2) is 10.8. The van der Waals surface area contributed by atoms with Gasteiger partial charge in [0, 0.05) is 0 Å². The normalized spacial score (nSPS) is 11.6. The van der Waals surface area contributed by atoms with Crippen molar-refractivity contribution in [3.05, 3.63) is 175 Å². The second-order valence-electron chi connectivity index (χ2n) is 13.0. The molecule has 2 nitrogen and oxygen atoms in total. The Balaban J connectivity index is 1.34. The first-order valence-electron chi connectivity index (χ1n) is 16.8. The van der Waals surface area contributed by atoms with Gasteiger partial charge in [0.25, 0.3) is 0 Å². The van der Waals surface area contributed by atoms with Crippen molar-refractivity contribution < 1.29 is 0 Å². The van der Waals surface area contributed by atoms with Crippen molar-refractivity contribution in [2.45, 2.75) is 0 Å². The van der Waals surface area contributed by atoms with Crippen LogP contribution in [0.25, 0.3) is 104 Å². The smallest absolute Gasteiger partial charge is 0.187 e. The molecule has 0 unspecified atom stereocenters. The maximum atomic E-state index is 9.75. The average molecular weight is 631 g/mol. The Labute approximate surface area is 289 Å². The lowest BCUT2D eigenvalue weighted by Crippen LogP contribution is -1.91. The van der Waals surface area contributed by atoms with E-state index >= 15 is 0 Å². The van der Waals surface area contributed by atoms with Gasteiger partial charge >= 0.3 is 0 Å². The first-order valence-corrected chi connectivity index (χ1v) is 16.8. The summed E-state index contributed by atoms with van der Waals surface area (Å²) < 4.78 is 0. The molecule has 0 saturated heterocycles. The molecular weight excluding hydrogens is 605 g/mol. The predicted molar refractivity (Wildman–Crippen MR) is 208 cm³/mol. The summed E-state index contributed by atoms with van der Waals surface area (Å²) in [7, 11) is 0. The lowest BCUT2D eigenvalue weighted by Gasteiger charge is -2.18. The molecule has 0 atom stereocenters. The Morgan fingerprint density at radius 3 is 1.74 bits per heavy atom. The Morgan fingerprint density at radius 2 is 0.940 bits per heavy atom. The molecule has 0 bridgehead atoms. The highest BCUT2D eigenvalue weighted by atomic mass is 14.6. The number of hydrogen-bond acceptors (Lipinski definition) is 1. The van der Waals surface area contributed by atoms with Gasteiger partial charge in [-0.05, 0) is 141 Å². The molecule has 9 aromatic rings. The van der Waals surface area contributed by atoms with Crippen molar-refractivity contribution in [1.29, 1.82) is 5.26 Å². The standard InChI is InChI=1S/C48H26N2/c1-50-33-15-8-14-32(23-33)41-25-42-36-17-6-5-16-35(36)40(31-13-7-10-29(22-31)28-49)24-46(42)47-27-43-38-19-9-18-37-34(30-11-3-2-4-12-30)20-21-39(48(37)38)44(43)26-45(41)47/h2-27H. The van der Waals surface area contributed by atoms with Gasteiger partial charge < -0.3 is 0 Å². The van der Waals surface area contributed by atoms with Gasteiger partial charge in [0.1, 0.15) is 0 Å². The van der Waals surface area contributed by atoms with E-state index in [0.29, 0.717) is 11.3 Å². The SMILES string of the molecule is [C-]#[N+]c1cccc(-c2cc3c4ccccc4c(-c4cccc(C#N)c4)cc3c3cc4c(cc23)-c2ccc(-c3ccccc3)c3cccc-4c23)c1. The molecule has 0 fully saturated rings. The summed E-state index contributed by atoms with van der Waals surface area (Å²) in [6.07, 6.45) is 0. The summed E-state index contributed by atoms with van der Waals surface area (Å²) in [5.41, 5.74) is 13.0. The number of hydrogen-bond donors (Lipinski definition) is 0. The van der Waals surface area contributed by atoms with E-state index in [1.54, 1.807) is 0 Å². The first-order chi connectivity index (χ1) is 24.7. The fraction of sp³-hybridized carbons (Fsp3) is 0. The van der Waals surface area contributed by atoms with Crippen LogP contribution in [-0.4, -0.2) is 0 Å². The van der Waals surface area contributed by atoms with Crippen LogP contribution in [-0.2, 0) is 0 Å². The summed E-state index contributed by atoms with van der Waals surface area (Å²) >= 11 is 0. The van der Waals surface area contributed by atoms with E-state index in [0.717, 1.165) is 49.2 Å². The van der Waals surface area contributed by atoms with E-state index in [1.807, 2.05) is 36.4 Å². The predicted octanol–water partition coefficient (Wildman–Crippen LogP) is 13.4. The van der Waals surface area contributed by atoms with E-state index in [9.17, 15) is 5.26 Å². The Kier molecular flexibility index (Phi) is 6.04. The van der Waals surface area contributed by atoms with Gasteiger partial charge in [0.15, 0.2) is 5.69 Å². The minimum absolute atomic E-state index is 0.625. The highest BCUT2D eigenvalue weighted by molar-refractivity contribution is 6.27. The summed E-state index contributed by atoms with van der Waals surface area (Å²) in [4.78, 5) is 3.78. The van der Waals surface area contributed by atoms with E-state index in [4.69, 9.17) is 6.57 Å². The zero-order valence-electron chi connectivity index (χ0n) is 26.9. The zero-order valence-corrected chi connectivity index (χ0v) is 26.9. The largest absolute Gasteiger partial charge is 0.238 e. The van der Waals surface area contributed by atoms with Crippen molar-refractivity contribution in [3.8, 4) is 61.7 Å². The van der Waals surface area contributed by atoms with Gasteiger partial charge in [-0.1, -0.05) is 115 Å². The molecule has 9 aromatic carbocycles. The van der Waals surface area contributed by atoms with Gasteiger partial charge in [-0.2, -0.15) is 5.26 Å². The van der Waals surface area contributed by atoms with Crippen molar-refractivity contribution in [2.75, 3.05) is 0 Å². The maximum absolute atomic E-state index is 9.75. The van der Waals surface area contributed by atoms with Crippen LogP contribution in [0.1, 0.15) is 5.56 Å². The Morgan fingerprint density at radius 1 is 0.380 bits per heavy atom. The van der Waals surface area contributed by atoms with Crippen LogP contribution < -0.4 is 0 Å². The molecule has 1 aliphatic rings. The van der Waals surface area contributed by atoms with Crippen molar-refractivity contribution >= 4 is 48.8 Å². The van der Waals surface area contributed by atoms with E-state index in [-0.39, 0.29) is 0 Å². The fourth-order valence-corrected chi connectivity index (χ4v) is 8.19. The van der Waals surface area contributed by atoms with Gasteiger partial charge in [-0.15, -0.1) is 0 Å². The highest BCUT2D eigenvalue weighted by Gasteiger charge is 2.25. The summed E-state index contributed by atoms with van der Waals surface area (Å²) in [6, 6.07) is 58.1. The van der Waals surface area contributed by atoms with Crippen molar-refractivity contribution in [3.63, 3.8) is 0 Å². The zero-order chi connectivity index (χ0) is 33.3. The van der Waals surface area contributed by atoms with Crippen LogP contribution >= 0.6 is 0 Å². The minimum atomic E-state index is 0.625. The van der Waals surface area contributed by atoms with Gasteiger partial charge in [0.2, 0.25) is 0 Å². The number of fused-ring (bicyclic) bond motifs is 8. The number of benzene rings is 9. The molecule has 0 N–H and O–H groups in total. The van der Waals surface area contributed by atoms with Crippen LogP contribution in [0.3, 0.4) is 0 Å². The molecule has 0 spiro atoms. The molecule has 0 heterocycles. The van der Waals surface area contributed by atoms with Crippen LogP contribution in [0.5, 0.6) is 0 Å².